The van der Waals surface area contributed by atoms with E-state index in [1.54, 1.807) is 17.1 Å². The third-order valence-electron chi connectivity index (χ3n) is 2.13. The Bertz CT molecular complexity index is 410. The first-order valence-electron chi connectivity index (χ1n) is 4.36. The van der Waals surface area contributed by atoms with Gasteiger partial charge in [0.05, 0.1) is 5.56 Å². The van der Waals surface area contributed by atoms with Gasteiger partial charge in [-0.2, -0.15) is 0 Å². The largest absolute Gasteiger partial charge is 0.264 e. The Morgan fingerprint density at radius 1 is 1.21 bits per heavy atom. The molecule has 2 aromatic heterocycles. The van der Waals surface area contributed by atoms with Crippen LogP contribution >= 0.6 is 0 Å². The third kappa shape index (κ3) is 1.46. The maximum atomic E-state index is 4.08. The zero-order valence-electron chi connectivity index (χ0n) is 8.18. The van der Waals surface area contributed by atoms with Gasteiger partial charge in [-0.25, -0.2) is 4.98 Å². The highest BCUT2D eigenvalue weighted by atomic mass is 15.3. The van der Waals surface area contributed by atoms with Gasteiger partial charge < -0.3 is 0 Å². The van der Waals surface area contributed by atoms with Crippen LogP contribution in [0.5, 0.6) is 0 Å². The molecule has 0 saturated carbocycles. The van der Waals surface area contributed by atoms with Crippen molar-refractivity contribution in [3.63, 3.8) is 0 Å². The molecule has 0 unspecified atom stereocenters. The fourth-order valence-electron chi connectivity index (χ4n) is 1.36. The third-order valence-corrected chi connectivity index (χ3v) is 2.13. The normalized spacial score (nSPS) is 10.1. The van der Waals surface area contributed by atoms with E-state index in [4.69, 9.17) is 0 Å². The molecule has 0 radical (unpaired) electrons. The maximum absolute atomic E-state index is 4.08. The molecule has 0 fully saturated rings. The molecule has 0 aliphatic carbocycles. The Labute approximate surface area is 82.3 Å². The van der Waals surface area contributed by atoms with Crippen molar-refractivity contribution in [2.24, 2.45) is 7.05 Å². The van der Waals surface area contributed by atoms with Crippen molar-refractivity contribution in [2.45, 2.75) is 6.92 Å². The second kappa shape index (κ2) is 3.49. The number of rotatable bonds is 1. The molecule has 14 heavy (non-hydrogen) atoms. The van der Waals surface area contributed by atoms with E-state index >= 15 is 0 Å². The lowest BCUT2D eigenvalue weighted by Crippen LogP contribution is -2.35. The van der Waals surface area contributed by atoms with E-state index in [2.05, 4.69) is 15.1 Å². The van der Waals surface area contributed by atoms with E-state index in [1.165, 1.54) is 6.33 Å². The van der Waals surface area contributed by atoms with Crippen LogP contribution in [0.25, 0.3) is 11.3 Å². The van der Waals surface area contributed by atoms with Crippen LogP contribution in [0.1, 0.15) is 5.56 Å². The Morgan fingerprint density at radius 3 is 2.79 bits per heavy atom. The Hall–Kier alpha value is -1.84. The van der Waals surface area contributed by atoms with Crippen molar-refractivity contribution in [2.75, 3.05) is 0 Å². The predicted octanol–water partition coefficient (Wildman–Crippen LogP) is 0.672. The molecule has 0 amide bonds. The smallest absolute Gasteiger partial charge is 0.257 e. The number of hydrogen-bond acceptors (Lipinski definition) is 3. The summed E-state index contributed by atoms with van der Waals surface area (Å²) in [6.45, 7) is 2.02. The van der Waals surface area contributed by atoms with Crippen molar-refractivity contribution in [3.05, 3.63) is 36.5 Å². The highest BCUT2D eigenvalue weighted by Gasteiger charge is 2.12. The minimum atomic E-state index is 0.993. The zero-order chi connectivity index (χ0) is 9.97. The predicted molar refractivity (Wildman–Crippen MR) is 51.2 cm³/mol. The van der Waals surface area contributed by atoms with Gasteiger partial charge in [0.2, 0.25) is 0 Å². The summed E-state index contributed by atoms with van der Waals surface area (Å²) in [6, 6.07) is 1.97. The van der Waals surface area contributed by atoms with Crippen LogP contribution < -0.4 is 4.68 Å². The van der Waals surface area contributed by atoms with Gasteiger partial charge in [0.25, 0.3) is 5.69 Å². The Kier molecular flexibility index (Phi) is 2.18. The monoisotopic (exact) mass is 187 g/mol. The molecular weight excluding hydrogens is 176 g/mol. The Morgan fingerprint density at radius 2 is 2.07 bits per heavy atom. The minimum absolute atomic E-state index is 0.993. The molecule has 2 heterocycles. The van der Waals surface area contributed by atoms with E-state index in [9.17, 15) is 0 Å². The van der Waals surface area contributed by atoms with Crippen molar-refractivity contribution >= 4 is 0 Å². The lowest BCUT2D eigenvalue weighted by molar-refractivity contribution is -0.721. The van der Waals surface area contributed by atoms with E-state index in [-0.39, 0.29) is 0 Å². The van der Waals surface area contributed by atoms with Gasteiger partial charge >= 0.3 is 0 Å². The lowest BCUT2D eigenvalue weighted by atomic mass is 10.1. The minimum Gasteiger partial charge on any atom is -0.264 e. The molecule has 0 atom stereocenters. The van der Waals surface area contributed by atoms with Crippen LogP contribution in [0, 0.1) is 6.92 Å². The molecule has 0 saturated heterocycles. The Balaban J connectivity index is 2.61. The topological polar surface area (TPSA) is 42.6 Å². The summed E-state index contributed by atoms with van der Waals surface area (Å²) in [5.41, 5.74) is 3.23. The van der Waals surface area contributed by atoms with Gasteiger partial charge in [-0.3, -0.25) is 4.98 Å². The summed E-state index contributed by atoms with van der Waals surface area (Å²) in [6.07, 6.45) is 6.94. The van der Waals surface area contributed by atoms with Crippen LogP contribution in [0.3, 0.4) is 0 Å². The molecule has 0 N–H and O–H groups in total. The summed E-state index contributed by atoms with van der Waals surface area (Å²) < 4.78 is 1.80. The fraction of sp³-hybridized carbons (Fsp3) is 0.200. The first-order chi connectivity index (χ1) is 6.79. The summed E-state index contributed by atoms with van der Waals surface area (Å²) in [4.78, 5) is 8.06. The summed E-state index contributed by atoms with van der Waals surface area (Å²) in [7, 11) is 1.90. The first-order valence-corrected chi connectivity index (χ1v) is 4.36. The van der Waals surface area contributed by atoms with Gasteiger partial charge in [-0.1, -0.05) is 4.68 Å². The van der Waals surface area contributed by atoms with Gasteiger partial charge in [0.1, 0.15) is 6.20 Å². The van der Waals surface area contributed by atoms with Crippen LogP contribution in [0.2, 0.25) is 0 Å². The molecule has 2 rings (SSSR count). The molecule has 70 valence electrons. The maximum Gasteiger partial charge on any atom is 0.257 e. The molecule has 4 heteroatoms. The van der Waals surface area contributed by atoms with Crippen LogP contribution in [-0.2, 0) is 7.05 Å². The fourth-order valence-corrected chi connectivity index (χ4v) is 1.36. The molecule has 0 bridgehead atoms. The number of nitrogens with zero attached hydrogens (tertiary/aromatic N) is 4. The average molecular weight is 187 g/mol. The lowest BCUT2D eigenvalue weighted by Gasteiger charge is -1.99. The van der Waals surface area contributed by atoms with Crippen LogP contribution in [-0.4, -0.2) is 15.1 Å². The standard InChI is InChI=1S/C10H11N4/c1-8-5-11-4-3-9(8)10-6-12-7-13-14(10)2/h3-7H,1-2H3/q+1. The highest BCUT2D eigenvalue weighted by Crippen LogP contribution is 2.16. The van der Waals surface area contributed by atoms with Gasteiger partial charge in [-0.15, -0.1) is 0 Å². The van der Waals surface area contributed by atoms with E-state index < -0.39 is 0 Å². The molecule has 0 spiro atoms. The second-order valence-electron chi connectivity index (χ2n) is 3.11. The zero-order valence-corrected chi connectivity index (χ0v) is 8.18. The number of aryl methyl sites for hydroxylation is 2. The molecule has 0 aromatic carbocycles. The van der Waals surface area contributed by atoms with Gasteiger partial charge in [0.15, 0.2) is 13.4 Å². The summed E-state index contributed by atoms with van der Waals surface area (Å²) >= 11 is 0. The van der Waals surface area contributed by atoms with Crippen LogP contribution in [0.15, 0.2) is 31.0 Å². The van der Waals surface area contributed by atoms with E-state index in [0.29, 0.717) is 0 Å². The molecular formula is C10H11N4+. The molecule has 2 aromatic rings. The van der Waals surface area contributed by atoms with Crippen molar-refractivity contribution in [1.82, 2.24) is 15.1 Å². The van der Waals surface area contributed by atoms with Crippen molar-refractivity contribution in [1.29, 1.82) is 0 Å². The SMILES string of the molecule is Cc1cnccc1-c1cncn[n+]1C. The average Bonchev–Trinajstić information content (AvgIpc) is 2.20. The highest BCUT2D eigenvalue weighted by molar-refractivity contribution is 5.58. The van der Waals surface area contributed by atoms with Gasteiger partial charge in [0, 0.05) is 17.5 Å². The number of pyridine rings is 1. The van der Waals surface area contributed by atoms with E-state index in [1.807, 2.05) is 26.2 Å². The van der Waals surface area contributed by atoms with Crippen LogP contribution in [0.4, 0.5) is 0 Å². The van der Waals surface area contributed by atoms with E-state index in [0.717, 1.165) is 16.8 Å². The quantitative estimate of drug-likeness (QED) is 0.616. The summed E-state index contributed by atoms with van der Waals surface area (Å²) in [5, 5.41) is 4.08. The van der Waals surface area contributed by atoms with Gasteiger partial charge in [-0.05, 0) is 18.6 Å². The summed E-state index contributed by atoms with van der Waals surface area (Å²) in [5.74, 6) is 0. The number of hydrogen-bond donors (Lipinski definition) is 0. The molecule has 0 aliphatic heterocycles. The first kappa shape index (κ1) is 8.74. The number of aromatic nitrogens is 4. The van der Waals surface area contributed by atoms with Crippen molar-refractivity contribution in [3.8, 4) is 11.3 Å². The second-order valence-corrected chi connectivity index (χ2v) is 3.11. The molecule has 4 nitrogen and oxygen atoms in total. The molecule has 0 aliphatic rings. The van der Waals surface area contributed by atoms with Crippen molar-refractivity contribution < 1.29 is 4.68 Å².